The van der Waals surface area contributed by atoms with Crippen molar-refractivity contribution >= 4 is 23.4 Å². The first-order valence-corrected chi connectivity index (χ1v) is 10.3. The van der Waals surface area contributed by atoms with Crippen molar-refractivity contribution in [1.82, 2.24) is 4.90 Å². The van der Waals surface area contributed by atoms with Gasteiger partial charge in [0.2, 0.25) is 0 Å². The summed E-state index contributed by atoms with van der Waals surface area (Å²) in [5.41, 5.74) is 8.53. The highest BCUT2D eigenvalue weighted by Crippen LogP contribution is 2.19. The molecule has 3 amide bonds. The van der Waals surface area contributed by atoms with Crippen LogP contribution < -0.4 is 20.7 Å². The average Bonchev–Trinajstić information content (AvgIpc) is 2.75. The normalized spacial score (nSPS) is 14.2. The highest BCUT2D eigenvalue weighted by molar-refractivity contribution is 5.95. The van der Waals surface area contributed by atoms with E-state index in [1.807, 2.05) is 32.0 Å². The second-order valence-electron chi connectivity index (χ2n) is 7.77. The van der Waals surface area contributed by atoms with E-state index in [-0.39, 0.29) is 24.0 Å². The summed E-state index contributed by atoms with van der Waals surface area (Å²) in [6.45, 7) is 6.61. The molecule has 3 rings (SSSR count). The Bertz CT molecular complexity index is 948. The summed E-state index contributed by atoms with van der Waals surface area (Å²) in [6, 6.07) is 12.5. The van der Waals surface area contributed by atoms with Crippen LogP contribution in [0.4, 0.5) is 5.69 Å². The molecule has 0 radical (unpaired) electrons. The quantitative estimate of drug-likeness (QED) is 0.587. The summed E-state index contributed by atoms with van der Waals surface area (Å²) in [5.74, 6) is -0.480. The van der Waals surface area contributed by atoms with Gasteiger partial charge in [0.1, 0.15) is 5.75 Å². The predicted octanol–water partition coefficient (Wildman–Crippen LogP) is 0.147. The van der Waals surface area contributed by atoms with Gasteiger partial charge in [0, 0.05) is 5.69 Å². The van der Waals surface area contributed by atoms with Crippen molar-refractivity contribution in [2.45, 2.75) is 13.8 Å². The fraction of sp³-hybridized carbons (Fsp3) is 0.348. The zero-order valence-corrected chi connectivity index (χ0v) is 17.9. The first kappa shape index (κ1) is 22.3. The number of aryl methyl sites for hydroxylation is 2. The molecule has 2 aromatic carbocycles. The maximum Gasteiger partial charge on any atom is 0.279 e. The number of carbonyl (C=O) groups is 3. The number of benzene rings is 2. The van der Waals surface area contributed by atoms with Crippen molar-refractivity contribution in [2.24, 2.45) is 5.73 Å². The van der Waals surface area contributed by atoms with Crippen LogP contribution in [0.15, 0.2) is 42.5 Å². The zero-order chi connectivity index (χ0) is 22.4. The van der Waals surface area contributed by atoms with Crippen molar-refractivity contribution in [1.29, 1.82) is 0 Å². The number of ether oxygens (including phenoxy) is 1. The van der Waals surface area contributed by atoms with Gasteiger partial charge in [-0.05, 0) is 37.1 Å². The van der Waals surface area contributed by atoms with Crippen molar-refractivity contribution in [3.05, 3.63) is 59.2 Å². The lowest BCUT2D eigenvalue weighted by Crippen LogP contribution is -3.15. The van der Waals surface area contributed by atoms with Gasteiger partial charge in [-0.15, -0.1) is 0 Å². The van der Waals surface area contributed by atoms with Gasteiger partial charge in [-0.25, -0.2) is 0 Å². The lowest BCUT2D eigenvalue weighted by molar-refractivity contribution is -0.895. The molecule has 1 heterocycles. The van der Waals surface area contributed by atoms with Crippen LogP contribution in [-0.2, 0) is 9.59 Å². The highest BCUT2D eigenvalue weighted by Gasteiger charge is 2.26. The Morgan fingerprint density at radius 2 is 1.68 bits per heavy atom. The number of para-hydroxylation sites is 2. The molecule has 0 spiro atoms. The number of nitrogens with one attached hydrogen (secondary N) is 2. The number of anilines is 1. The van der Waals surface area contributed by atoms with Crippen LogP contribution >= 0.6 is 0 Å². The fourth-order valence-electron chi connectivity index (χ4n) is 3.70. The van der Waals surface area contributed by atoms with E-state index in [1.165, 1.54) is 0 Å². The number of nitrogens with zero attached hydrogens (tertiary/aromatic N) is 1. The van der Waals surface area contributed by atoms with E-state index in [0.717, 1.165) is 21.7 Å². The second kappa shape index (κ2) is 10.1. The lowest BCUT2D eigenvalue weighted by Gasteiger charge is -2.32. The van der Waals surface area contributed by atoms with Gasteiger partial charge in [-0.2, -0.15) is 0 Å². The summed E-state index contributed by atoms with van der Waals surface area (Å²) >= 11 is 0. The van der Waals surface area contributed by atoms with Gasteiger partial charge < -0.3 is 25.6 Å². The molecule has 2 aromatic rings. The summed E-state index contributed by atoms with van der Waals surface area (Å²) in [6.07, 6.45) is 0. The summed E-state index contributed by atoms with van der Waals surface area (Å²) in [4.78, 5) is 39.3. The number of hydrogen-bond acceptors (Lipinski definition) is 4. The van der Waals surface area contributed by atoms with Crippen molar-refractivity contribution in [3.8, 4) is 5.75 Å². The number of piperazine rings is 1. The maximum atomic E-state index is 12.5. The molecular weight excluding hydrogens is 396 g/mol. The predicted molar refractivity (Wildman–Crippen MR) is 117 cm³/mol. The summed E-state index contributed by atoms with van der Waals surface area (Å²) < 4.78 is 5.53. The Balaban J connectivity index is 1.45. The molecule has 1 fully saturated rings. The van der Waals surface area contributed by atoms with Crippen LogP contribution in [0.1, 0.15) is 21.5 Å². The third-order valence-corrected chi connectivity index (χ3v) is 5.48. The molecule has 0 bridgehead atoms. The first-order valence-electron chi connectivity index (χ1n) is 10.3. The largest absolute Gasteiger partial charge is 0.483 e. The molecule has 8 heteroatoms. The Morgan fingerprint density at radius 1 is 1.03 bits per heavy atom. The number of quaternary nitrogens is 1. The van der Waals surface area contributed by atoms with E-state index in [9.17, 15) is 14.4 Å². The number of rotatable bonds is 7. The molecule has 4 N–H and O–H groups in total. The third kappa shape index (κ3) is 5.82. The smallest absolute Gasteiger partial charge is 0.279 e. The minimum Gasteiger partial charge on any atom is -0.483 e. The SMILES string of the molecule is Cc1cccc(C)c1NC(=O)C[NH+]1CCN(C(=O)COc2ccccc2C(N)=O)CC1. The monoisotopic (exact) mass is 425 g/mol. The highest BCUT2D eigenvalue weighted by atomic mass is 16.5. The van der Waals surface area contributed by atoms with E-state index in [0.29, 0.717) is 38.5 Å². The molecule has 0 aromatic heterocycles. The Labute approximate surface area is 182 Å². The minimum absolute atomic E-state index is 0.0291. The molecule has 1 aliphatic rings. The van der Waals surface area contributed by atoms with E-state index in [1.54, 1.807) is 29.2 Å². The number of hydrogen-bond donors (Lipinski definition) is 3. The van der Waals surface area contributed by atoms with Crippen molar-refractivity contribution in [2.75, 3.05) is 44.6 Å². The second-order valence-corrected chi connectivity index (χ2v) is 7.77. The van der Waals surface area contributed by atoms with Crippen molar-refractivity contribution < 1.29 is 24.0 Å². The van der Waals surface area contributed by atoms with Gasteiger partial charge in [0.25, 0.3) is 17.7 Å². The van der Waals surface area contributed by atoms with Gasteiger partial charge in [-0.1, -0.05) is 30.3 Å². The van der Waals surface area contributed by atoms with Gasteiger partial charge in [0.05, 0.1) is 31.7 Å². The van der Waals surface area contributed by atoms with Crippen LogP contribution in [0.5, 0.6) is 5.75 Å². The van der Waals surface area contributed by atoms with E-state index < -0.39 is 5.91 Å². The third-order valence-electron chi connectivity index (χ3n) is 5.48. The van der Waals surface area contributed by atoms with Crippen LogP contribution in [0.3, 0.4) is 0 Å². The van der Waals surface area contributed by atoms with Gasteiger partial charge >= 0.3 is 0 Å². The number of carbonyl (C=O) groups excluding carboxylic acids is 3. The Hall–Kier alpha value is -3.39. The number of nitrogens with two attached hydrogens (primary N) is 1. The Morgan fingerprint density at radius 3 is 2.32 bits per heavy atom. The van der Waals surface area contributed by atoms with Gasteiger partial charge in [-0.3, -0.25) is 14.4 Å². The Kier molecular flexibility index (Phi) is 7.25. The van der Waals surface area contributed by atoms with Crippen LogP contribution in [0.2, 0.25) is 0 Å². The molecule has 1 saturated heterocycles. The lowest BCUT2D eigenvalue weighted by atomic mass is 10.1. The molecule has 0 aliphatic carbocycles. The van der Waals surface area contributed by atoms with Crippen LogP contribution in [-0.4, -0.2) is 62.0 Å². The standard InChI is InChI=1S/C23H28N4O4/c1-16-6-5-7-17(2)22(16)25-20(28)14-26-10-12-27(13-11-26)21(29)15-31-19-9-4-3-8-18(19)23(24)30/h3-9H,10-15H2,1-2H3,(H2,24,30)(H,25,28)/p+1. The molecule has 8 nitrogen and oxygen atoms in total. The maximum absolute atomic E-state index is 12.5. The number of amides is 3. The van der Waals surface area contributed by atoms with Crippen molar-refractivity contribution in [3.63, 3.8) is 0 Å². The zero-order valence-electron chi connectivity index (χ0n) is 17.9. The average molecular weight is 426 g/mol. The van der Waals surface area contributed by atoms with Gasteiger partial charge in [0.15, 0.2) is 13.2 Å². The molecular formula is C23H29N4O4+. The molecule has 1 aliphatic heterocycles. The summed E-state index contributed by atoms with van der Waals surface area (Å²) in [7, 11) is 0. The molecule has 31 heavy (non-hydrogen) atoms. The number of primary amides is 1. The van der Waals surface area contributed by atoms with E-state index in [2.05, 4.69) is 5.32 Å². The summed E-state index contributed by atoms with van der Waals surface area (Å²) in [5, 5.41) is 3.01. The molecule has 0 saturated carbocycles. The van der Waals surface area contributed by atoms with E-state index >= 15 is 0 Å². The molecule has 0 atom stereocenters. The first-order chi connectivity index (χ1) is 14.8. The molecule has 0 unspecified atom stereocenters. The van der Waals surface area contributed by atoms with Crippen LogP contribution in [0, 0.1) is 13.8 Å². The fourth-order valence-corrected chi connectivity index (χ4v) is 3.70. The van der Waals surface area contributed by atoms with Crippen LogP contribution in [0.25, 0.3) is 0 Å². The minimum atomic E-state index is -0.598. The van der Waals surface area contributed by atoms with E-state index in [4.69, 9.17) is 10.5 Å². The topological polar surface area (TPSA) is 106 Å². The molecule has 164 valence electrons.